The van der Waals surface area contributed by atoms with E-state index in [-0.39, 0.29) is 0 Å². The van der Waals surface area contributed by atoms with Crippen LogP contribution in [-0.4, -0.2) is 20.7 Å². The lowest BCUT2D eigenvalue weighted by molar-refractivity contribution is 0.508. The molecule has 0 saturated heterocycles. The first-order valence-corrected chi connectivity index (χ1v) is 12.1. The molecule has 4 heteroatoms. The van der Waals surface area contributed by atoms with E-state index < -0.39 is 0 Å². The summed E-state index contributed by atoms with van der Waals surface area (Å²) in [6.45, 7) is 3.30. The first kappa shape index (κ1) is 23.6. The van der Waals surface area contributed by atoms with Crippen LogP contribution in [0.3, 0.4) is 0 Å². The highest BCUT2D eigenvalue weighted by Gasteiger charge is 2.03. The average molecular weight is 382 g/mol. The number of aryl methyl sites for hydroxylation is 1. The lowest BCUT2D eigenvalue weighted by Gasteiger charge is -2.10. The van der Waals surface area contributed by atoms with Crippen molar-refractivity contribution in [3.05, 3.63) is 12.4 Å². The fraction of sp³-hybridized carbons (Fsp3) is 0.909. The highest BCUT2D eigenvalue weighted by molar-refractivity contribution is 7.17. The van der Waals surface area contributed by atoms with Crippen LogP contribution in [-0.2, 0) is 6.54 Å². The zero-order chi connectivity index (χ0) is 18.7. The molecule has 0 bridgehead atoms. The van der Waals surface area contributed by atoms with E-state index in [1.54, 1.807) is 6.20 Å². The van der Waals surface area contributed by atoms with Gasteiger partial charge in [-0.1, -0.05) is 102 Å². The number of unbranched alkanes of at least 4 members (excludes halogenated alkanes) is 13. The molecule has 0 aliphatic rings. The Morgan fingerprint density at radius 1 is 0.731 bits per heavy atom. The molecule has 0 fully saturated rings. The summed E-state index contributed by atoms with van der Waals surface area (Å²) in [7, 11) is 3.04. The number of hydrogen-bond donors (Lipinski definition) is 0. The van der Waals surface area contributed by atoms with Gasteiger partial charge >= 0.3 is 0 Å². The minimum atomic E-state index is 0.774. The Kier molecular flexibility index (Phi) is 16.3. The van der Waals surface area contributed by atoms with Crippen molar-refractivity contribution in [2.45, 2.75) is 128 Å². The Morgan fingerprint density at radius 3 is 1.73 bits per heavy atom. The normalized spacial score (nSPS) is 12.5. The highest BCUT2D eigenvalue weighted by atomic mass is 31.0. The quantitative estimate of drug-likeness (QED) is 0.188. The first-order valence-electron chi connectivity index (χ1n) is 11.4. The zero-order valence-corrected chi connectivity index (χ0v) is 18.5. The number of aromatic nitrogens is 3. The Hall–Kier alpha value is -0.430. The Labute approximate surface area is 165 Å². The van der Waals surface area contributed by atoms with Gasteiger partial charge in [-0.05, 0) is 24.9 Å². The molecule has 1 aromatic rings. The Bertz CT molecular complexity index is 381. The van der Waals surface area contributed by atoms with Crippen molar-refractivity contribution >= 4 is 9.24 Å². The summed E-state index contributed by atoms with van der Waals surface area (Å²) >= 11 is 0. The van der Waals surface area contributed by atoms with Gasteiger partial charge in [0.15, 0.2) is 0 Å². The zero-order valence-electron chi connectivity index (χ0n) is 17.4. The molecule has 3 nitrogen and oxygen atoms in total. The molecule has 2 atom stereocenters. The van der Waals surface area contributed by atoms with E-state index in [1.165, 1.54) is 109 Å². The van der Waals surface area contributed by atoms with E-state index in [4.69, 9.17) is 0 Å². The van der Waals surface area contributed by atoms with Crippen LogP contribution in [0.5, 0.6) is 0 Å². The van der Waals surface area contributed by atoms with E-state index >= 15 is 0 Å². The summed E-state index contributed by atoms with van der Waals surface area (Å²) in [5, 5.41) is 7.86. The molecule has 0 N–H and O–H groups in total. The van der Waals surface area contributed by atoms with Gasteiger partial charge in [0.25, 0.3) is 0 Å². The summed E-state index contributed by atoms with van der Waals surface area (Å²) in [5.41, 5.74) is 0.774. The number of nitrogens with zero attached hydrogens (tertiary/aromatic N) is 3. The van der Waals surface area contributed by atoms with Gasteiger partial charge in [-0.15, -0.1) is 14.3 Å². The molecule has 2 unspecified atom stereocenters. The second kappa shape index (κ2) is 18.0. The van der Waals surface area contributed by atoms with Crippen LogP contribution in [0.25, 0.3) is 0 Å². The summed E-state index contributed by atoms with van der Waals surface area (Å²) in [6.07, 6.45) is 27.8. The molecule has 0 aliphatic carbocycles. The van der Waals surface area contributed by atoms with E-state index in [0.717, 1.165) is 12.2 Å². The van der Waals surface area contributed by atoms with Crippen molar-refractivity contribution < 1.29 is 0 Å². The van der Waals surface area contributed by atoms with Gasteiger partial charge in [0.2, 0.25) is 0 Å². The van der Waals surface area contributed by atoms with Crippen molar-refractivity contribution in [2.75, 3.05) is 0 Å². The molecular formula is C22H44N3P. The van der Waals surface area contributed by atoms with Crippen molar-refractivity contribution in [1.29, 1.82) is 0 Å². The third kappa shape index (κ3) is 14.7. The van der Waals surface area contributed by atoms with Crippen molar-refractivity contribution in [3.63, 3.8) is 0 Å². The van der Waals surface area contributed by atoms with E-state index in [1.807, 2.05) is 10.9 Å². The molecule has 0 saturated carbocycles. The molecule has 0 amide bonds. The predicted octanol–water partition coefficient (Wildman–Crippen LogP) is 7.17. The van der Waals surface area contributed by atoms with Crippen molar-refractivity contribution in [2.24, 2.45) is 0 Å². The molecule has 152 valence electrons. The molecule has 1 aromatic heterocycles. The highest BCUT2D eigenvalue weighted by Crippen LogP contribution is 2.18. The summed E-state index contributed by atoms with van der Waals surface area (Å²) in [6, 6.07) is 0. The topological polar surface area (TPSA) is 30.7 Å². The van der Waals surface area contributed by atoms with Gasteiger partial charge in [0.1, 0.15) is 0 Å². The molecule has 0 aliphatic heterocycles. The second-order valence-corrected chi connectivity index (χ2v) is 8.90. The Morgan fingerprint density at radius 2 is 1.23 bits per heavy atom. The van der Waals surface area contributed by atoms with Crippen LogP contribution in [0.15, 0.2) is 12.4 Å². The first-order chi connectivity index (χ1) is 12.8. The fourth-order valence-corrected chi connectivity index (χ4v) is 4.08. The molecule has 1 heterocycles. The third-order valence-corrected chi connectivity index (χ3v) is 6.03. The molecule has 0 spiro atoms. The van der Waals surface area contributed by atoms with Gasteiger partial charge in [0.05, 0.1) is 6.20 Å². The molecule has 1 rings (SSSR count). The second-order valence-electron chi connectivity index (χ2n) is 7.95. The molecule has 26 heavy (non-hydrogen) atoms. The number of hydrogen-bond acceptors (Lipinski definition) is 2. The molecule has 0 aromatic carbocycles. The maximum absolute atomic E-state index is 4.02. The SMILES string of the molecule is CCCCCCCCCCCCCCCCC(P)CCCn1ccnn1. The van der Waals surface area contributed by atoms with Crippen LogP contribution in [0.4, 0.5) is 0 Å². The minimum Gasteiger partial charge on any atom is -0.253 e. The average Bonchev–Trinajstić information content (AvgIpc) is 3.15. The fourth-order valence-electron chi connectivity index (χ4n) is 3.61. The van der Waals surface area contributed by atoms with Gasteiger partial charge < -0.3 is 0 Å². The lowest BCUT2D eigenvalue weighted by atomic mass is 10.0. The van der Waals surface area contributed by atoms with Crippen molar-refractivity contribution in [3.8, 4) is 0 Å². The maximum Gasteiger partial charge on any atom is 0.0692 e. The van der Waals surface area contributed by atoms with Gasteiger partial charge in [-0.3, -0.25) is 4.68 Å². The molecular weight excluding hydrogens is 337 g/mol. The van der Waals surface area contributed by atoms with Crippen LogP contribution in [0.2, 0.25) is 0 Å². The summed E-state index contributed by atoms with van der Waals surface area (Å²) < 4.78 is 1.93. The van der Waals surface area contributed by atoms with E-state index in [2.05, 4.69) is 26.5 Å². The van der Waals surface area contributed by atoms with E-state index in [9.17, 15) is 0 Å². The van der Waals surface area contributed by atoms with Crippen LogP contribution < -0.4 is 0 Å². The minimum absolute atomic E-state index is 0.774. The lowest BCUT2D eigenvalue weighted by Crippen LogP contribution is -2.03. The Balaban J connectivity index is 1.73. The summed E-state index contributed by atoms with van der Waals surface area (Å²) in [5.74, 6) is 0. The predicted molar refractivity (Wildman–Crippen MR) is 118 cm³/mol. The van der Waals surface area contributed by atoms with Crippen molar-refractivity contribution in [1.82, 2.24) is 15.0 Å². The monoisotopic (exact) mass is 381 g/mol. The van der Waals surface area contributed by atoms with Crippen LogP contribution >= 0.6 is 9.24 Å². The van der Waals surface area contributed by atoms with Crippen LogP contribution in [0.1, 0.15) is 116 Å². The number of rotatable bonds is 19. The van der Waals surface area contributed by atoms with Gasteiger partial charge in [-0.2, -0.15) is 0 Å². The smallest absolute Gasteiger partial charge is 0.0692 e. The van der Waals surface area contributed by atoms with E-state index in [0.29, 0.717) is 0 Å². The largest absolute Gasteiger partial charge is 0.253 e. The maximum atomic E-state index is 4.02. The van der Waals surface area contributed by atoms with Crippen LogP contribution in [0, 0.1) is 0 Å². The molecule has 0 radical (unpaired) electrons. The standard InChI is InChI=1S/C22H44N3P/c1-2-3-4-5-6-7-8-9-10-11-12-13-14-15-17-22(26)18-16-20-25-21-19-23-24-25/h19,21-22H,2-18,20,26H2,1H3. The summed E-state index contributed by atoms with van der Waals surface area (Å²) in [4.78, 5) is 0. The van der Waals surface area contributed by atoms with Gasteiger partial charge in [0, 0.05) is 12.7 Å². The third-order valence-electron chi connectivity index (χ3n) is 5.36. The van der Waals surface area contributed by atoms with Gasteiger partial charge in [-0.25, -0.2) is 0 Å².